The van der Waals surface area contributed by atoms with Crippen molar-refractivity contribution in [1.82, 2.24) is 9.80 Å². The fourth-order valence-corrected chi connectivity index (χ4v) is 4.19. The van der Waals surface area contributed by atoms with Gasteiger partial charge in [-0.2, -0.15) is 0 Å². The zero-order valence-electron chi connectivity index (χ0n) is 15.5. The first-order valence-corrected chi connectivity index (χ1v) is 9.66. The first kappa shape index (κ1) is 20.2. The summed E-state index contributed by atoms with van der Waals surface area (Å²) in [6, 6.07) is 3.14. The number of carbonyl (C=O) groups excluding carboxylic acids is 1. The summed E-state index contributed by atoms with van der Waals surface area (Å²) in [4.78, 5) is 16.6. The Morgan fingerprint density at radius 2 is 1.78 bits per heavy atom. The second-order valence-corrected chi connectivity index (χ2v) is 7.84. The lowest BCUT2D eigenvalue weighted by Crippen LogP contribution is -2.40. The quantitative estimate of drug-likeness (QED) is 0.778. The number of nitrogens with zero attached hydrogens (tertiary/aromatic N) is 2. The molecule has 2 saturated heterocycles. The molecule has 2 aliphatic rings. The Hall–Kier alpha value is -1.57. The zero-order valence-corrected chi connectivity index (χ0v) is 15.5. The summed E-state index contributed by atoms with van der Waals surface area (Å²) in [6.45, 7) is 3.86. The van der Waals surface area contributed by atoms with Gasteiger partial charge in [-0.1, -0.05) is 0 Å². The van der Waals surface area contributed by atoms with Gasteiger partial charge < -0.3 is 20.0 Å². The SMILES string of the molecule is O=C(Cc1cc(F)ccc1F)N1C[C@@H](CO)[C@@H](CN2CCC(CO)CC2)C1. The van der Waals surface area contributed by atoms with Crippen LogP contribution in [-0.4, -0.2) is 71.9 Å². The highest BCUT2D eigenvalue weighted by molar-refractivity contribution is 5.79. The fraction of sp³-hybridized carbons (Fsp3) is 0.650. The van der Waals surface area contributed by atoms with E-state index in [1.54, 1.807) is 4.90 Å². The average molecular weight is 382 g/mol. The van der Waals surface area contributed by atoms with Gasteiger partial charge in [-0.3, -0.25) is 4.79 Å². The number of aliphatic hydroxyl groups excluding tert-OH is 2. The van der Waals surface area contributed by atoms with Crippen LogP contribution in [0.15, 0.2) is 18.2 Å². The number of hydrogen-bond acceptors (Lipinski definition) is 4. The summed E-state index contributed by atoms with van der Waals surface area (Å²) >= 11 is 0. The number of likely N-dealkylation sites (tertiary alicyclic amines) is 2. The molecule has 1 aromatic rings. The maximum atomic E-state index is 13.8. The van der Waals surface area contributed by atoms with Gasteiger partial charge in [-0.25, -0.2) is 8.78 Å². The lowest BCUT2D eigenvalue weighted by atomic mass is 9.93. The maximum absolute atomic E-state index is 13.8. The van der Waals surface area contributed by atoms with E-state index in [0.29, 0.717) is 19.0 Å². The smallest absolute Gasteiger partial charge is 0.227 e. The Morgan fingerprint density at radius 3 is 2.44 bits per heavy atom. The molecule has 1 amide bonds. The van der Waals surface area contributed by atoms with Gasteiger partial charge in [0, 0.05) is 44.3 Å². The van der Waals surface area contributed by atoms with E-state index in [1.165, 1.54) is 0 Å². The van der Waals surface area contributed by atoms with Crippen molar-refractivity contribution >= 4 is 5.91 Å². The molecule has 2 fully saturated rings. The molecule has 0 unspecified atom stereocenters. The second kappa shape index (κ2) is 9.08. The molecule has 0 spiro atoms. The normalized spacial score (nSPS) is 24.5. The molecule has 3 rings (SSSR count). The third-order valence-electron chi connectivity index (χ3n) is 5.97. The van der Waals surface area contributed by atoms with E-state index in [-0.39, 0.29) is 42.9 Å². The van der Waals surface area contributed by atoms with Gasteiger partial charge in [0.25, 0.3) is 0 Å². The monoisotopic (exact) mass is 382 g/mol. The minimum absolute atomic E-state index is 0.00173. The maximum Gasteiger partial charge on any atom is 0.227 e. The first-order valence-electron chi connectivity index (χ1n) is 9.66. The molecule has 0 aliphatic carbocycles. The van der Waals surface area contributed by atoms with Gasteiger partial charge in [0.2, 0.25) is 5.91 Å². The first-order chi connectivity index (χ1) is 13.0. The van der Waals surface area contributed by atoms with Gasteiger partial charge in [-0.05, 0) is 56.0 Å². The van der Waals surface area contributed by atoms with Crippen molar-refractivity contribution in [3.05, 3.63) is 35.4 Å². The second-order valence-electron chi connectivity index (χ2n) is 7.84. The number of amides is 1. The number of benzene rings is 1. The van der Waals surface area contributed by atoms with Crippen LogP contribution >= 0.6 is 0 Å². The summed E-state index contributed by atoms with van der Waals surface area (Å²) in [7, 11) is 0. The summed E-state index contributed by atoms with van der Waals surface area (Å²) in [5.74, 6) is -0.829. The molecule has 2 atom stereocenters. The molecule has 7 heteroatoms. The number of hydrogen-bond donors (Lipinski definition) is 2. The molecule has 2 heterocycles. The number of halogens is 2. The summed E-state index contributed by atoms with van der Waals surface area (Å²) in [5, 5.41) is 19.0. The Kier molecular flexibility index (Phi) is 6.78. The van der Waals surface area contributed by atoms with Gasteiger partial charge in [-0.15, -0.1) is 0 Å². The Balaban J connectivity index is 1.56. The highest BCUT2D eigenvalue weighted by Gasteiger charge is 2.36. The van der Waals surface area contributed by atoms with Crippen LogP contribution in [0.25, 0.3) is 0 Å². The highest BCUT2D eigenvalue weighted by Crippen LogP contribution is 2.27. The van der Waals surface area contributed by atoms with Crippen molar-refractivity contribution in [2.75, 3.05) is 45.9 Å². The molecule has 2 aliphatic heterocycles. The lowest BCUT2D eigenvalue weighted by Gasteiger charge is -2.33. The lowest BCUT2D eigenvalue weighted by molar-refractivity contribution is -0.129. The van der Waals surface area contributed by atoms with Crippen LogP contribution in [0.2, 0.25) is 0 Å². The van der Waals surface area contributed by atoms with Crippen molar-refractivity contribution in [2.45, 2.75) is 19.3 Å². The third kappa shape index (κ3) is 5.03. The summed E-state index contributed by atoms with van der Waals surface area (Å²) < 4.78 is 27.1. The predicted octanol–water partition coefficient (Wildman–Crippen LogP) is 1.28. The van der Waals surface area contributed by atoms with Crippen LogP contribution in [-0.2, 0) is 11.2 Å². The highest BCUT2D eigenvalue weighted by atomic mass is 19.1. The average Bonchev–Trinajstić information content (AvgIpc) is 3.08. The molecule has 5 nitrogen and oxygen atoms in total. The molecule has 27 heavy (non-hydrogen) atoms. The number of piperidine rings is 1. The molecule has 0 aromatic heterocycles. The van der Waals surface area contributed by atoms with E-state index in [2.05, 4.69) is 4.90 Å². The molecule has 0 radical (unpaired) electrons. The van der Waals surface area contributed by atoms with Crippen LogP contribution in [0.1, 0.15) is 18.4 Å². The van der Waals surface area contributed by atoms with Crippen molar-refractivity contribution in [1.29, 1.82) is 0 Å². The van der Waals surface area contributed by atoms with Crippen molar-refractivity contribution in [2.24, 2.45) is 17.8 Å². The molecular formula is C20H28F2N2O3. The van der Waals surface area contributed by atoms with E-state index in [4.69, 9.17) is 0 Å². The van der Waals surface area contributed by atoms with Crippen LogP contribution < -0.4 is 0 Å². The Morgan fingerprint density at radius 1 is 1.07 bits per heavy atom. The van der Waals surface area contributed by atoms with E-state index < -0.39 is 11.6 Å². The zero-order chi connectivity index (χ0) is 19.4. The summed E-state index contributed by atoms with van der Waals surface area (Å²) in [6.07, 6.45) is 1.76. The van der Waals surface area contributed by atoms with Gasteiger partial charge in [0.05, 0.1) is 6.42 Å². The van der Waals surface area contributed by atoms with Crippen molar-refractivity contribution in [3.8, 4) is 0 Å². The molecule has 0 saturated carbocycles. The minimum atomic E-state index is -0.578. The minimum Gasteiger partial charge on any atom is -0.396 e. The molecule has 0 bridgehead atoms. The van der Waals surface area contributed by atoms with Crippen LogP contribution in [0, 0.1) is 29.4 Å². The molecule has 150 valence electrons. The van der Waals surface area contributed by atoms with E-state index in [0.717, 1.165) is 50.7 Å². The number of carbonyl (C=O) groups is 1. The number of aliphatic hydroxyl groups is 2. The van der Waals surface area contributed by atoms with Gasteiger partial charge in [0.1, 0.15) is 11.6 Å². The van der Waals surface area contributed by atoms with Crippen LogP contribution in [0.3, 0.4) is 0 Å². The molecular weight excluding hydrogens is 354 g/mol. The van der Waals surface area contributed by atoms with E-state index in [1.807, 2.05) is 0 Å². The third-order valence-corrected chi connectivity index (χ3v) is 5.97. The van der Waals surface area contributed by atoms with Gasteiger partial charge >= 0.3 is 0 Å². The standard InChI is InChI=1S/C20H28F2N2O3/c21-18-1-2-19(22)15(7-18)8-20(27)24-10-16(17(11-24)13-26)9-23-5-3-14(12-25)4-6-23/h1-2,7,14,16-17,25-26H,3-6,8-13H2/t16-,17-/m0/s1. The van der Waals surface area contributed by atoms with E-state index >= 15 is 0 Å². The van der Waals surface area contributed by atoms with E-state index in [9.17, 15) is 23.8 Å². The van der Waals surface area contributed by atoms with Crippen molar-refractivity contribution < 1.29 is 23.8 Å². The Labute approximate surface area is 158 Å². The Bertz CT molecular complexity index is 650. The summed E-state index contributed by atoms with van der Waals surface area (Å²) in [5.41, 5.74) is 0.0649. The number of rotatable bonds is 6. The van der Waals surface area contributed by atoms with Crippen molar-refractivity contribution in [3.63, 3.8) is 0 Å². The topological polar surface area (TPSA) is 64.0 Å². The van der Waals surface area contributed by atoms with Crippen LogP contribution in [0.5, 0.6) is 0 Å². The molecule has 2 N–H and O–H groups in total. The van der Waals surface area contributed by atoms with Gasteiger partial charge in [0.15, 0.2) is 0 Å². The molecule has 1 aromatic carbocycles. The fourth-order valence-electron chi connectivity index (χ4n) is 4.19. The predicted molar refractivity (Wildman–Crippen MR) is 97.0 cm³/mol. The van der Waals surface area contributed by atoms with Crippen LogP contribution in [0.4, 0.5) is 8.78 Å². The largest absolute Gasteiger partial charge is 0.396 e.